The van der Waals surface area contributed by atoms with Crippen molar-refractivity contribution in [3.8, 4) is 0 Å². The lowest BCUT2D eigenvalue weighted by atomic mass is 10.1. The molecule has 0 spiro atoms. The van der Waals surface area contributed by atoms with Gasteiger partial charge in [-0.05, 0) is 42.7 Å². The second-order valence-corrected chi connectivity index (χ2v) is 8.14. The molecule has 0 amide bonds. The third-order valence-electron chi connectivity index (χ3n) is 5.25. The highest BCUT2D eigenvalue weighted by molar-refractivity contribution is 7.98. The lowest BCUT2D eigenvalue weighted by Gasteiger charge is -2.20. The summed E-state index contributed by atoms with van der Waals surface area (Å²) >= 11 is 1.55. The molecule has 1 aliphatic heterocycles. The van der Waals surface area contributed by atoms with Gasteiger partial charge in [0.25, 0.3) is 0 Å². The molecule has 0 saturated carbocycles. The maximum atomic E-state index is 10.6. The standard InChI is InChI=1S/C21H24N2O4S/c1-12-8-15-16(9-13(12)2)23(20-19(26)18(25)17(10-24)27-20)21(22-15)28-11-14-6-4-3-5-7-14/h3-9,17-20,24-26H,10-11H2,1-2H3/t17-,18+,19-,20-/m0/s1. The minimum Gasteiger partial charge on any atom is -0.394 e. The SMILES string of the molecule is Cc1cc2nc(SCc3ccccc3)n([C@H]3O[C@@H](CO)[C@@H](O)[C@@H]3O)c2cc1C. The first-order chi connectivity index (χ1) is 13.5. The third-order valence-corrected chi connectivity index (χ3v) is 6.28. The zero-order chi connectivity index (χ0) is 19.8. The monoisotopic (exact) mass is 400 g/mol. The Hall–Kier alpha value is -1.90. The zero-order valence-corrected chi connectivity index (χ0v) is 16.6. The van der Waals surface area contributed by atoms with E-state index >= 15 is 0 Å². The van der Waals surface area contributed by atoms with Crippen molar-refractivity contribution in [3.63, 3.8) is 0 Å². The Bertz CT molecular complexity index is 975. The first-order valence-corrected chi connectivity index (χ1v) is 10.3. The van der Waals surface area contributed by atoms with E-state index in [1.807, 2.05) is 48.7 Å². The molecule has 6 nitrogen and oxygen atoms in total. The highest BCUT2D eigenvalue weighted by Gasteiger charge is 2.44. The Morgan fingerprint density at radius 2 is 1.79 bits per heavy atom. The van der Waals surface area contributed by atoms with Crippen LogP contribution in [0.1, 0.15) is 22.9 Å². The molecule has 2 heterocycles. The molecule has 1 saturated heterocycles. The van der Waals surface area contributed by atoms with Gasteiger partial charge in [-0.2, -0.15) is 0 Å². The van der Waals surface area contributed by atoms with E-state index in [0.29, 0.717) is 5.16 Å². The number of rotatable bonds is 5. The van der Waals surface area contributed by atoms with Crippen LogP contribution in [0.3, 0.4) is 0 Å². The van der Waals surface area contributed by atoms with Gasteiger partial charge in [-0.3, -0.25) is 4.57 Å². The van der Waals surface area contributed by atoms with Crippen molar-refractivity contribution in [2.75, 3.05) is 6.61 Å². The van der Waals surface area contributed by atoms with Crippen LogP contribution in [0.25, 0.3) is 11.0 Å². The lowest BCUT2D eigenvalue weighted by molar-refractivity contribution is -0.0546. The zero-order valence-electron chi connectivity index (χ0n) is 15.8. The van der Waals surface area contributed by atoms with Gasteiger partial charge in [-0.25, -0.2) is 4.98 Å². The van der Waals surface area contributed by atoms with E-state index in [0.717, 1.165) is 27.9 Å². The van der Waals surface area contributed by atoms with Gasteiger partial charge in [0.2, 0.25) is 0 Å². The molecule has 4 atom stereocenters. The largest absolute Gasteiger partial charge is 0.394 e. The van der Waals surface area contributed by atoms with Gasteiger partial charge in [0.05, 0.1) is 17.6 Å². The number of hydrogen-bond acceptors (Lipinski definition) is 6. The molecule has 3 aromatic rings. The highest BCUT2D eigenvalue weighted by Crippen LogP contribution is 2.37. The molecule has 148 valence electrons. The van der Waals surface area contributed by atoms with Crippen LogP contribution in [0.2, 0.25) is 0 Å². The minimum atomic E-state index is -1.15. The number of thioether (sulfide) groups is 1. The van der Waals surface area contributed by atoms with Crippen LogP contribution in [0.4, 0.5) is 0 Å². The Balaban J connectivity index is 1.76. The third kappa shape index (κ3) is 3.44. The maximum Gasteiger partial charge on any atom is 0.171 e. The number of aryl methyl sites for hydroxylation is 2. The van der Waals surface area contributed by atoms with E-state index < -0.39 is 24.5 Å². The number of imidazole rings is 1. The van der Waals surface area contributed by atoms with Crippen LogP contribution in [0.5, 0.6) is 0 Å². The fourth-order valence-electron chi connectivity index (χ4n) is 3.49. The van der Waals surface area contributed by atoms with Gasteiger partial charge in [0.15, 0.2) is 11.4 Å². The Labute approximate surface area is 167 Å². The fourth-order valence-corrected chi connectivity index (χ4v) is 4.48. The molecule has 2 aromatic carbocycles. The summed E-state index contributed by atoms with van der Waals surface area (Å²) in [4.78, 5) is 4.78. The molecular formula is C21H24N2O4S. The van der Waals surface area contributed by atoms with Gasteiger partial charge < -0.3 is 20.1 Å². The molecule has 0 radical (unpaired) electrons. The predicted molar refractivity (Wildman–Crippen MR) is 108 cm³/mol. The highest BCUT2D eigenvalue weighted by atomic mass is 32.2. The summed E-state index contributed by atoms with van der Waals surface area (Å²) in [6, 6.07) is 14.1. The first-order valence-electron chi connectivity index (χ1n) is 9.28. The molecule has 7 heteroatoms. The van der Waals surface area contributed by atoms with E-state index in [1.165, 1.54) is 5.56 Å². The van der Waals surface area contributed by atoms with Crippen molar-refractivity contribution in [1.82, 2.24) is 9.55 Å². The van der Waals surface area contributed by atoms with Crippen molar-refractivity contribution in [3.05, 3.63) is 59.2 Å². The van der Waals surface area contributed by atoms with Crippen LogP contribution in [-0.4, -0.2) is 49.8 Å². The van der Waals surface area contributed by atoms with Crippen molar-refractivity contribution < 1.29 is 20.1 Å². The number of fused-ring (bicyclic) bond motifs is 1. The number of aromatic nitrogens is 2. The van der Waals surface area contributed by atoms with E-state index in [1.54, 1.807) is 11.8 Å². The second kappa shape index (κ2) is 7.85. The van der Waals surface area contributed by atoms with Gasteiger partial charge in [-0.15, -0.1) is 0 Å². The average molecular weight is 401 g/mol. The molecule has 4 rings (SSSR count). The number of nitrogens with zero attached hydrogens (tertiary/aromatic N) is 2. The van der Waals surface area contributed by atoms with E-state index in [-0.39, 0.29) is 6.61 Å². The summed E-state index contributed by atoms with van der Waals surface area (Å²) in [5, 5.41) is 31.0. The number of aliphatic hydroxyl groups excluding tert-OH is 3. The summed E-state index contributed by atoms with van der Waals surface area (Å²) < 4.78 is 7.66. The number of ether oxygens (including phenoxy) is 1. The summed E-state index contributed by atoms with van der Waals surface area (Å²) in [6.07, 6.45) is -3.92. The smallest absolute Gasteiger partial charge is 0.171 e. The molecule has 3 N–H and O–H groups in total. The van der Waals surface area contributed by atoms with E-state index in [4.69, 9.17) is 9.72 Å². The molecule has 0 aliphatic carbocycles. The van der Waals surface area contributed by atoms with Gasteiger partial charge in [0.1, 0.15) is 18.3 Å². The Kier molecular flexibility index (Phi) is 5.44. The quantitative estimate of drug-likeness (QED) is 0.571. The Morgan fingerprint density at radius 1 is 1.07 bits per heavy atom. The second-order valence-electron chi connectivity index (χ2n) is 7.19. The Morgan fingerprint density at radius 3 is 2.46 bits per heavy atom. The van der Waals surface area contributed by atoms with Crippen LogP contribution in [0.15, 0.2) is 47.6 Å². The number of hydrogen-bond donors (Lipinski definition) is 3. The summed E-state index contributed by atoms with van der Waals surface area (Å²) in [6.45, 7) is 3.71. The van der Waals surface area contributed by atoms with Crippen LogP contribution >= 0.6 is 11.8 Å². The molecule has 0 bridgehead atoms. The topological polar surface area (TPSA) is 87.7 Å². The molecule has 1 aliphatic rings. The molecular weight excluding hydrogens is 376 g/mol. The molecule has 0 unspecified atom stereocenters. The normalized spacial score (nSPS) is 24.9. The molecule has 1 aromatic heterocycles. The van der Waals surface area contributed by atoms with E-state index in [9.17, 15) is 15.3 Å². The fraction of sp³-hybridized carbons (Fsp3) is 0.381. The molecule has 28 heavy (non-hydrogen) atoms. The summed E-state index contributed by atoms with van der Waals surface area (Å²) in [5.41, 5.74) is 5.07. The summed E-state index contributed by atoms with van der Waals surface area (Å²) in [5.74, 6) is 0.719. The van der Waals surface area contributed by atoms with Gasteiger partial charge in [-0.1, -0.05) is 42.1 Å². The maximum absolute atomic E-state index is 10.6. The van der Waals surface area contributed by atoms with Gasteiger partial charge in [0, 0.05) is 5.75 Å². The van der Waals surface area contributed by atoms with Crippen molar-refractivity contribution in [2.24, 2.45) is 0 Å². The number of aliphatic hydroxyl groups is 3. The molecule has 1 fully saturated rings. The van der Waals surface area contributed by atoms with Crippen LogP contribution in [-0.2, 0) is 10.5 Å². The first kappa shape index (κ1) is 19.4. The number of benzene rings is 2. The average Bonchev–Trinajstić information content (AvgIpc) is 3.18. The minimum absolute atomic E-state index is 0.355. The lowest BCUT2D eigenvalue weighted by Crippen LogP contribution is -2.33. The predicted octanol–water partition coefficient (Wildman–Crippen LogP) is 2.56. The van der Waals surface area contributed by atoms with Crippen molar-refractivity contribution >= 4 is 22.8 Å². The summed E-state index contributed by atoms with van der Waals surface area (Å²) in [7, 11) is 0. The van der Waals surface area contributed by atoms with Crippen molar-refractivity contribution in [2.45, 2.75) is 49.3 Å². The van der Waals surface area contributed by atoms with Crippen molar-refractivity contribution in [1.29, 1.82) is 0 Å². The van der Waals surface area contributed by atoms with Crippen LogP contribution in [0, 0.1) is 13.8 Å². The van der Waals surface area contributed by atoms with Gasteiger partial charge >= 0.3 is 0 Å². The van der Waals surface area contributed by atoms with E-state index in [2.05, 4.69) is 12.1 Å². The van der Waals surface area contributed by atoms with Crippen LogP contribution < -0.4 is 0 Å².